The van der Waals surface area contributed by atoms with Gasteiger partial charge in [-0.15, -0.1) is 13.2 Å². The summed E-state index contributed by atoms with van der Waals surface area (Å²) in [6, 6.07) is 0. The minimum Gasteiger partial charge on any atom is -0.212 e. The van der Waals surface area contributed by atoms with E-state index in [4.69, 9.17) is 0 Å². The van der Waals surface area contributed by atoms with E-state index in [1.807, 2.05) is 0 Å². The van der Waals surface area contributed by atoms with E-state index in [1.165, 1.54) is 25.7 Å². The molecule has 0 radical (unpaired) electrons. The summed E-state index contributed by atoms with van der Waals surface area (Å²) in [4.78, 5) is 0. The van der Waals surface area contributed by atoms with E-state index in [1.54, 1.807) is 6.92 Å². The summed E-state index contributed by atoms with van der Waals surface area (Å²) in [5.74, 6) is 0.708. The summed E-state index contributed by atoms with van der Waals surface area (Å²) in [5.41, 5.74) is 0. The van der Waals surface area contributed by atoms with Crippen LogP contribution in [0.2, 0.25) is 0 Å². The molecule has 0 aliphatic carbocycles. The Morgan fingerprint density at radius 2 is 1.60 bits per heavy atom. The number of rotatable bonds is 5. The van der Waals surface area contributed by atoms with Crippen LogP contribution >= 0.6 is 0 Å². The molecule has 0 aromatic heterocycles. The van der Waals surface area contributed by atoms with Crippen LogP contribution in [0.15, 0.2) is 25.6 Å². The zero-order valence-corrected chi connectivity index (χ0v) is 11.1. The van der Waals surface area contributed by atoms with Crippen LogP contribution in [0, 0.1) is 5.92 Å². The molecule has 0 heterocycles. The summed E-state index contributed by atoms with van der Waals surface area (Å²) in [6.45, 7) is 17.6. The highest BCUT2D eigenvalue weighted by molar-refractivity contribution is 4.75. The summed E-state index contributed by atoms with van der Waals surface area (Å²) in [7, 11) is 0. The van der Waals surface area contributed by atoms with E-state index >= 15 is 0 Å². The van der Waals surface area contributed by atoms with E-state index in [2.05, 4.69) is 40.5 Å². The van der Waals surface area contributed by atoms with Gasteiger partial charge in [-0.25, -0.2) is 4.39 Å². The summed E-state index contributed by atoms with van der Waals surface area (Å²) in [6.07, 6.45) is 5.98. The molecular formula is C14H29F. The van der Waals surface area contributed by atoms with Gasteiger partial charge in [0.25, 0.3) is 0 Å². The average Bonchev–Trinajstić information content (AvgIpc) is 2.29. The van der Waals surface area contributed by atoms with Crippen LogP contribution in [0.25, 0.3) is 0 Å². The first-order chi connectivity index (χ1) is 7.08. The molecule has 0 aromatic carbocycles. The van der Waals surface area contributed by atoms with E-state index in [0.29, 0.717) is 6.42 Å². The predicted molar refractivity (Wildman–Crippen MR) is 70.8 cm³/mol. The SMILES string of the molecule is C=C.C=C(F)CC.CCCCC(C)CC. The van der Waals surface area contributed by atoms with Gasteiger partial charge in [0.2, 0.25) is 0 Å². The fraction of sp³-hybridized carbons (Fsp3) is 0.714. The zero-order valence-electron chi connectivity index (χ0n) is 11.1. The van der Waals surface area contributed by atoms with E-state index in [9.17, 15) is 4.39 Å². The molecule has 0 spiro atoms. The molecule has 0 saturated heterocycles. The van der Waals surface area contributed by atoms with Crippen molar-refractivity contribution in [1.29, 1.82) is 0 Å². The fourth-order valence-electron chi connectivity index (χ4n) is 0.757. The van der Waals surface area contributed by atoms with Gasteiger partial charge in [0.15, 0.2) is 0 Å². The molecule has 1 heteroatoms. The highest BCUT2D eigenvalue weighted by atomic mass is 19.1. The van der Waals surface area contributed by atoms with Crippen molar-refractivity contribution in [2.75, 3.05) is 0 Å². The summed E-state index contributed by atoms with van der Waals surface area (Å²) in [5, 5.41) is 0. The Bertz CT molecular complexity index is 119. The van der Waals surface area contributed by atoms with Gasteiger partial charge >= 0.3 is 0 Å². The number of allylic oxidation sites excluding steroid dienone is 1. The Morgan fingerprint density at radius 1 is 1.20 bits per heavy atom. The zero-order chi connectivity index (χ0) is 12.7. The summed E-state index contributed by atoms with van der Waals surface area (Å²) < 4.78 is 11.2. The number of hydrogen-bond acceptors (Lipinski definition) is 0. The maximum Gasteiger partial charge on any atom is 0.0925 e. The molecule has 15 heavy (non-hydrogen) atoms. The molecular weight excluding hydrogens is 187 g/mol. The second-order valence-corrected chi connectivity index (χ2v) is 3.53. The van der Waals surface area contributed by atoms with E-state index in [-0.39, 0.29) is 5.83 Å². The van der Waals surface area contributed by atoms with Crippen LogP contribution in [-0.2, 0) is 0 Å². The van der Waals surface area contributed by atoms with Gasteiger partial charge in [-0.3, -0.25) is 0 Å². The lowest BCUT2D eigenvalue weighted by atomic mass is 10.0. The largest absolute Gasteiger partial charge is 0.212 e. The van der Waals surface area contributed by atoms with Crippen LogP contribution in [-0.4, -0.2) is 0 Å². The lowest BCUT2D eigenvalue weighted by molar-refractivity contribution is 0.492. The molecule has 0 nitrogen and oxygen atoms in total. The lowest BCUT2D eigenvalue weighted by Gasteiger charge is -2.04. The second kappa shape index (κ2) is 19.1. The van der Waals surface area contributed by atoms with Gasteiger partial charge < -0.3 is 0 Å². The lowest BCUT2D eigenvalue weighted by Crippen LogP contribution is -1.89. The molecule has 1 unspecified atom stereocenters. The molecule has 0 N–H and O–H groups in total. The smallest absolute Gasteiger partial charge is 0.0925 e. The Morgan fingerprint density at radius 3 is 1.80 bits per heavy atom. The van der Waals surface area contributed by atoms with Gasteiger partial charge in [0.05, 0.1) is 5.83 Å². The maximum absolute atomic E-state index is 11.2. The molecule has 1 atom stereocenters. The first-order valence-corrected chi connectivity index (χ1v) is 5.91. The molecule has 0 saturated carbocycles. The van der Waals surface area contributed by atoms with Crippen molar-refractivity contribution in [3.05, 3.63) is 25.6 Å². The van der Waals surface area contributed by atoms with Gasteiger partial charge in [-0.2, -0.15) is 0 Å². The monoisotopic (exact) mass is 216 g/mol. The highest BCUT2D eigenvalue weighted by Gasteiger charge is 1.94. The first-order valence-electron chi connectivity index (χ1n) is 5.91. The topological polar surface area (TPSA) is 0 Å². The molecule has 0 rings (SSSR count). The third kappa shape index (κ3) is 31.8. The Hall–Kier alpha value is -0.590. The molecule has 92 valence electrons. The second-order valence-electron chi connectivity index (χ2n) is 3.53. The van der Waals surface area contributed by atoms with Crippen molar-refractivity contribution < 1.29 is 4.39 Å². The fourth-order valence-corrected chi connectivity index (χ4v) is 0.757. The minimum atomic E-state index is -0.245. The van der Waals surface area contributed by atoms with Crippen molar-refractivity contribution in [3.63, 3.8) is 0 Å². The highest BCUT2D eigenvalue weighted by Crippen LogP contribution is 2.09. The van der Waals surface area contributed by atoms with Crippen LogP contribution < -0.4 is 0 Å². The van der Waals surface area contributed by atoms with E-state index in [0.717, 1.165) is 5.92 Å². The van der Waals surface area contributed by atoms with Gasteiger partial charge in [0, 0.05) is 0 Å². The van der Waals surface area contributed by atoms with Crippen LogP contribution in [0.4, 0.5) is 4.39 Å². The quantitative estimate of drug-likeness (QED) is 0.501. The average molecular weight is 216 g/mol. The summed E-state index contributed by atoms with van der Waals surface area (Å²) >= 11 is 0. The third-order valence-corrected chi connectivity index (χ3v) is 2.13. The molecule has 0 aliphatic rings. The number of unbranched alkanes of at least 4 members (excludes halogenated alkanes) is 1. The molecule has 0 aromatic rings. The normalized spacial score (nSPS) is 10.2. The Kier molecular flexibility index (Phi) is 25.3. The minimum absolute atomic E-state index is 0.245. The van der Waals surface area contributed by atoms with Crippen molar-refractivity contribution in [2.24, 2.45) is 5.92 Å². The predicted octanol–water partition coefficient (Wildman–Crippen LogP) is 5.90. The first kappa shape index (κ1) is 19.9. The van der Waals surface area contributed by atoms with E-state index < -0.39 is 0 Å². The molecule has 0 aliphatic heterocycles. The number of halogens is 1. The molecule has 0 amide bonds. The Balaban J connectivity index is -0.000000177. The van der Waals surface area contributed by atoms with Crippen molar-refractivity contribution in [1.82, 2.24) is 0 Å². The van der Waals surface area contributed by atoms with Crippen molar-refractivity contribution >= 4 is 0 Å². The third-order valence-electron chi connectivity index (χ3n) is 2.13. The van der Waals surface area contributed by atoms with Crippen LogP contribution in [0.1, 0.15) is 59.8 Å². The standard InChI is InChI=1S/C8H18.C4H7F.C2H4/c1-4-6-7-8(3)5-2;1-3-4(2)5;1-2/h8H,4-7H2,1-3H3;2-3H2,1H3;1-2H2. The molecule has 0 bridgehead atoms. The van der Waals surface area contributed by atoms with Gasteiger partial charge in [-0.1, -0.05) is 60.0 Å². The number of hydrogen-bond donors (Lipinski definition) is 0. The van der Waals surface area contributed by atoms with Gasteiger partial charge in [-0.05, 0) is 12.3 Å². The Labute approximate surface area is 96.3 Å². The van der Waals surface area contributed by atoms with Crippen molar-refractivity contribution in [3.8, 4) is 0 Å². The van der Waals surface area contributed by atoms with Crippen LogP contribution in [0.3, 0.4) is 0 Å². The van der Waals surface area contributed by atoms with Gasteiger partial charge in [0.1, 0.15) is 0 Å². The van der Waals surface area contributed by atoms with Crippen LogP contribution in [0.5, 0.6) is 0 Å². The van der Waals surface area contributed by atoms with Crippen molar-refractivity contribution in [2.45, 2.75) is 59.8 Å². The molecule has 0 fully saturated rings. The maximum atomic E-state index is 11.2.